The van der Waals surface area contributed by atoms with Crippen LogP contribution in [0.3, 0.4) is 0 Å². The Hall–Kier alpha value is -1.82. The summed E-state index contributed by atoms with van der Waals surface area (Å²) >= 11 is 0. The van der Waals surface area contributed by atoms with E-state index in [4.69, 9.17) is 0 Å². The monoisotopic (exact) mass is 524 g/mol. The van der Waals surface area contributed by atoms with Crippen molar-refractivity contribution >= 4 is 29.9 Å². The largest absolute Gasteiger partial charge is 0.416 e. The number of aryl methyl sites for hydroxylation is 1. The van der Waals surface area contributed by atoms with Gasteiger partial charge in [0.25, 0.3) is 0 Å². The summed E-state index contributed by atoms with van der Waals surface area (Å²) < 4.78 is 39.7. The third-order valence-corrected chi connectivity index (χ3v) is 4.24. The van der Waals surface area contributed by atoms with Crippen molar-refractivity contribution < 1.29 is 13.2 Å². The van der Waals surface area contributed by atoms with Gasteiger partial charge in [0.15, 0.2) is 5.96 Å². The molecule has 0 aliphatic carbocycles. The highest BCUT2D eigenvalue weighted by Crippen LogP contribution is 2.29. The van der Waals surface area contributed by atoms with E-state index in [-0.39, 0.29) is 36.6 Å². The third kappa shape index (κ3) is 7.84. The number of alkyl halides is 3. The molecule has 0 amide bonds. The maximum atomic E-state index is 12.7. The van der Waals surface area contributed by atoms with Gasteiger partial charge in [-0.2, -0.15) is 18.3 Å². The minimum atomic E-state index is -4.33. The van der Waals surface area contributed by atoms with E-state index in [0.29, 0.717) is 24.6 Å². The van der Waals surface area contributed by atoms with Gasteiger partial charge in [0.2, 0.25) is 0 Å². The van der Waals surface area contributed by atoms with Crippen LogP contribution < -0.4 is 10.6 Å². The molecule has 0 fully saturated rings. The Bertz CT molecular complexity index is 771. The topological polar surface area (TPSA) is 57.5 Å². The van der Waals surface area contributed by atoms with Crippen LogP contribution in [0.25, 0.3) is 0 Å². The van der Waals surface area contributed by atoms with Crippen molar-refractivity contribution in [2.24, 2.45) is 12.0 Å². The summed E-state index contributed by atoms with van der Waals surface area (Å²) in [6.07, 6.45) is -0.525. The molecule has 6 nitrogen and oxygen atoms in total. The SMILES string of the molecule is CCNC(=NCc1ccc(C(F)(F)F)cc1)NCC(c1cnn(C)c1)N(C)C.I. The molecule has 0 aliphatic rings. The molecule has 29 heavy (non-hydrogen) atoms. The molecule has 162 valence electrons. The Kier molecular flexibility index (Phi) is 9.90. The molecule has 2 rings (SSSR count). The summed E-state index contributed by atoms with van der Waals surface area (Å²) in [7, 11) is 5.86. The quantitative estimate of drug-likeness (QED) is 0.331. The number of hydrogen-bond acceptors (Lipinski definition) is 3. The molecule has 1 aromatic heterocycles. The summed E-state index contributed by atoms with van der Waals surface area (Å²) in [5.41, 5.74) is 1.13. The molecule has 1 aromatic carbocycles. The highest BCUT2D eigenvalue weighted by Gasteiger charge is 2.29. The second kappa shape index (κ2) is 11.4. The van der Waals surface area contributed by atoms with E-state index in [9.17, 15) is 13.2 Å². The lowest BCUT2D eigenvalue weighted by Crippen LogP contribution is -2.41. The average Bonchev–Trinajstić information content (AvgIpc) is 3.05. The van der Waals surface area contributed by atoms with Gasteiger partial charge in [-0.3, -0.25) is 4.68 Å². The minimum Gasteiger partial charge on any atom is -0.357 e. The number of aliphatic imine (C=N–C) groups is 1. The Morgan fingerprint density at radius 2 is 1.86 bits per heavy atom. The molecular formula is C19H28F3IN6. The maximum Gasteiger partial charge on any atom is 0.416 e. The fourth-order valence-corrected chi connectivity index (χ4v) is 2.72. The van der Waals surface area contributed by atoms with Gasteiger partial charge in [0.1, 0.15) is 0 Å². The first-order valence-electron chi connectivity index (χ1n) is 9.04. The van der Waals surface area contributed by atoms with E-state index in [1.165, 1.54) is 12.1 Å². The van der Waals surface area contributed by atoms with Gasteiger partial charge >= 0.3 is 6.18 Å². The number of halogens is 4. The molecule has 2 N–H and O–H groups in total. The second-order valence-corrected chi connectivity index (χ2v) is 6.70. The van der Waals surface area contributed by atoms with E-state index < -0.39 is 11.7 Å². The third-order valence-electron chi connectivity index (χ3n) is 4.24. The minimum absolute atomic E-state index is 0. The molecule has 0 radical (unpaired) electrons. The molecule has 0 bridgehead atoms. The number of aromatic nitrogens is 2. The lowest BCUT2D eigenvalue weighted by atomic mass is 10.1. The number of benzene rings is 1. The number of nitrogens with one attached hydrogen (secondary N) is 2. The zero-order valence-corrected chi connectivity index (χ0v) is 19.3. The van der Waals surface area contributed by atoms with Crippen LogP contribution in [-0.4, -0.2) is 47.8 Å². The summed E-state index contributed by atoms with van der Waals surface area (Å²) in [5, 5.41) is 10.7. The molecule has 1 heterocycles. The summed E-state index contributed by atoms with van der Waals surface area (Å²) in [6.45, 7) is 3.53. The van der Waals surface area contributed by atoms with Crippen LogP contribution in [-0.2, 0) is 19.8 Å². The van der Waals surface area contributed by atoms with Crippen molar-refractivity contribution in [1.82, 2.24) is 25.3 Å². The zero-order valence-electron chi connectivity index (χ0n) is 17.0. The van der Waals surface area contributed by atoms with Crippen LogP contribution in [0.2, 0.25) is 0 Å². The molecule has 0 aliphatic heterocycles. The van der Waals surface area contributed by atoms with Crippen molar-refractivity contribution in [2.75, 3.05) is 27.2 Å². The van der Waals surface area contributed by atoms with Crippen molar-refractivity contribution in [3.63, 3.8) is 0 Å². The number of rotatable bonds is 7. The standard InChI is InChI=1S/C19H27F3N6.HI/c1-5-23-18(24-10-14-6-8-16(9-7-14)19(20,21)22)25-12-17(27(2)3)15-11-26-28(4)13-15;/h6-9,11,13,17H,5,10,12H2,1-4H3,(H2,23,24,25);1H. The predicted molar refractivity (Wildman–Crippen MR) is 119 cm³/mol. The number of hydrogen-bond donors (Lipinski definition) is 2. The van der Waals surface area contributed by atoms with E-state index >= 15 is 0 Å². The van der Waals surface area contributed by atoms with Crippen LogP contribution in [0.1, 0.15) is 29.7 Å². The Labute approximate surface area is 186 Å². The first-order valence-corrected chi connectivity index (χ1v) is 9.04. The average molecular weight is 524 g/mol. The normalized spacial score (nSPS) is 13.2. The number of likely N-dealkylation sites (N-methyl/N-ethyl adjacent to an activating group) is 1. The van der Waals surface area contributed by atoms with Gasteiger partial charge in [-0.25, -0.2) is 4.99 Å². The molecule has 1 unspecified atom stereocenters. The van der Waals surface area contributed by atoms with Crippen molar-refractivity contribution in [3.8, 4) is 0 Å². The van der Waals surface area contributed by atoms with E-state index in [1.54, 1.807) is 4.68 Å². The fourth-order valence-electron chi connectivity index (χ4n) is 2.72. The first kappa shape index (κ1) is 25.2. The van der Waals surface area contributed by atoms with E-state index in [0.717, 1.165) is 17.7 Å². The lowest BCUT2D eigenvalue weighted by Gasteiger charge is -2.24. The molecule has 2 aromatic rings. The second-order valence-electron chi connectivity index (χ2n) is 6.70. The molecular weight excluding hydrogens is 496 g/mol. The van der Waals surface area contributed by atoms with Gasteiger partial charge in [0, 0.05) is 31.9 Å². The Morgan fingerprint density at radius 3 is 2.34 bits per heavy atom. The van der Waals surface area contributed by atoms with Crippen LogP contribution >= 0.6 is 24.0 Å². The molecule has 1 atom stereocenters. The van der Waals surface area contributed by atoms with Crippen molar-refractivity contribution in [3.05, 3.63) is 53.3 Å². The Morgan fingerprint density at radius 1 is 1.21 bits per heavy atom. The van der Waals surface area contributed by atoms with Crippen LogP contribution in [0.15, 0.2) is 41.7 Å². The predicted octanol–water partition coefficient (Wildman–Crippen LogP) is 3.41. The van der Waals surface area contributed by atoms with Gasteiger partial charge in [0.05, 0.1) is 24.3 Å². The van der Waals surface area contributed by atoms with Crippen molar-refractivity contribution in [1.29, 1.82) is 0 Å². The first-order chi connectivity index (χ1) is 13.2. The van der Waals surface area contributed by atoms with Crippen LogP contribution in [0.4, 0.5) is 13.2 Å². The van der Waals surface area contributed by atoms with Crippen LogP contribution in [0.5, 0.6) is 0 Å². The van der Waals surface area contributed by atoms with E-state index in [2.05, 4.69) is 25.6 Å². The number of guanidine groups is 1. The molecule has 0 saturated heterocycles. The highest BCUT2D eigenvalue weighted by atomic mass is 127. The summed E-state index contributed by atoms with van der Waals surface area (Å²) in [6, 6.07) is 5.16. The van der Waals surface area contributed by atoms with Crippen molar-refractivity contribution in [2.45, 2.75) is 25.7 Å². The van der Waals surface area contributed by atoms with E-state index in [1.807, 2.05) is 40.5 Å². The van der Waals surface area contributed by atoms with Crippen LogP contribution in [0, 0.1) is 0 Å². The zero-order chi connectivity index (χ0) is 20.7. The number of nitrogens with zero attached hydrogens (tertiary/aromatic N) is 4. The van der Waals surface area contributed by atoms with Gasteiger partial charge < -0.3 is 15.5 Å². The molecule has 0 spiro atoms. The fraction of sp³-hybridized carbons (Fsp3) is 0.474. The highest BCUT2D eigenvalue weighted by molar-refractivity contribution is 14.0. The van der Waals surface area contributed by atoms with Gasteiger partial charge in [-0.05, 0) is 38.7 Å². The van der Waals surface area contributed by atoms with Gasteiger partial charge in [-0.1, -0.05) is 12.1 Å². The molecule has 10 heteroatoms. The van der Waals surface area contributed by atoms with Gasteiger partial charge in [-0.15, -0.1) is 24.0 Å². The summed E-state index contributed by atoms with van der Waals surface area (Å²) in [5.74, 6) is 0.609. The molecule has 0 saturated carbocycles. The Balaban J connectivity index is 0.00000420. The maximum absolute atomic E-state index is 12.7. The lowest BCUT2D eigenvalue weighted by molar-refractivity contribution is -0.137. The smallest absolute Gasteiger partial charge is 0.357 e. The summed E-state index contributed by atoms with van der Waals surface area (Å²) in [4.78, 5) is 6.57.